The van der Waals surface area contributed by atoms with Gasteiger partial charge >= 0.3 is 0 Å². The molecule has 0 bridgehead atoms. The maximum Gasteiger partial charge on any atom is 0.258 e. The van der Waals surface area contributed by atoms with Gasteiger partial charge in [-0.1, -0.05) is 24.3 Å². The molecule has 1 N–H and O–H groups in total. The van der Waals surface area contributed by atoms with Gasteiger partial charge in [0.15, 0.2) is 0 Å². The summed E-state index contributed by atoms with van der Waals surface area (Å²) in [4.78, 5) is 16.7. The van der Waals surface area contributed by atoms with E-state index < -0.39 is 17.5 Å². The molecule has 0 aliphatic heterocycles. The predicted octanol–water partition coefficient (Wildman–Crippen LogP) is 5.42. The summed E-state index contributed by atoms with van der Waals surface area (Å²) in [5, 5.41) is 3.59. The maximum atomic E-state index is 13.7. The van der Waals surface area contributed by atoms with E-state index in [1.807, 2.05) is 36.4 Å². The van der Waals surface area contributed by atoms with Crippen LogP contribution >= 0.6 is 11.3 Å². The molecule has 0 saturated carbocycles. The molecule has 1 amide bonds. The first-order valence-corrected chi connectivity index (χ1v) is 9.10. The Kier molecular flexibility index (Phi) is 4.64. The van der Waals surface area contributed by atoms with E-state index in [0.29, 0.717) is 12.1 Å². The average molecular weight is 380 g/mol. The number of rotatable bonds is 4. The third kappa shape index (κ3) is 3.85. The first-order chi connectivity index (χ1) is 13.1. The van der Waals surface area contributed by atoms with Gasteiger partial charge < -0.3 is 5.32 Å². The molecular formula is C21H14F2N2OS. The lowest BCUT2D eigenvalue weighted by Crippen LogP contribution is -2.14. The number of nitrogens with zero attached hydrogens (tertiary/aromatic N) is 1. The molecule has 6 heteroatoms. The fourth-order valence-corrected chi connectivity index (χ4v) is 3.75. The molecule has 0 aliphatic rings. The first-order valence-electron chi connectivity index (χ1n) is 8.28. The minimum Gasteiger partial charge on any atom is -0.322 e. The molecule has 134 valence electrons. The van der Waals surface area contributed by atoms with E-state index in [9.17, 15) is 13.6 Å². The highest BCUT2D eigenvalue weighted by atomic mass is 32.1. The SMILES string of the molecule is O=C(Nc1ccc(Cc2nc3ccccc3s2)cc1)c1cc(F)ccc1F. The minimum atomic E-state index is -0.763. The number of anilines is 1. The van der Waals surface area contributed by atoms with Crippen LogP contribution in [0.1, 0.15) is 20.9 Å². The number of hydrogen-bond acceptors (Lipinski definition) is 3. The Morgan fingerprint density at radius 3 is 2.56 bits per heavy atom. The highest BCUT2D eigenvalue weighted by molar-refractivity contribution is 7.18. The van der Waals surface area contributed by atoms with Crippen molar-refractivity contribution in [2.75, 3.05) is 5.32 Å². The Hall–Kier alpha value is -3.12. The summed E-state index contributed by atoms with van der Waals surface area (Å²) in [7, 11) is 0. The Morgan fingerprint density at radius 2 is 1.78 bits per heavy atom. The lowest BCUT2D eigenvalue weighted by molar-refractivity contribution is 0.102. The third-order valence-corrected chi connectivity index (χ3v) is 5.11. The number of para-hydroxylation sites is 1. The molecule has 3 nitrogen and oxygen atoms in total. The van der Waals surface area contributed by atoms with Crippen LogP contribution in [0.15, 0.2) is 66.7 Å². The van der Waals surface area contributed by atoms with Gasteiger partial charge in [0, 0.05) is 12.1 Å². The summed E-state index contributed by atoms with van der Waals surface area (Å²) in [6, 6.07) is 18.0. The number of benzene rings is 3. The number of aromatic nitrogens is 1. The summed E-state index contributed by atoms with van der Waals surface area (Å²) in [5.41, 5.74) is 2.22. The number of amides is 1. The van der Waals surface area contributed by atoms with E-state index in [4.69, 9.17) is 0 Å². The lowest BCUT2D eigenvalue weighted by atomic mass is 10.1. The van der Waals surface area contributed by atoms with Crippen molar-refractivity contribution in [1.29, 1.82) is 0 Å². The van der Waals surface area contributed by atoms with Crippen LogP contribution in [0.3, 0.4) is 0 Å². The lowest BCUT2D eigenvalue weighted by Gasteiger charge is -2.07. The van der Waals surface area contributed by atoms with Crippen molar-refractivity contribution in [1.82, 2.24) is 4.98 Å². The van der Waals surface area contributed by atoms with Crippen molar-refractivity contribution >= 4 is 33.1 Å². The molecule has 27 heavy (non-hydrogen) atoms. The van der Waals surface area contributed by atoms with Crippen molar-refractivity contribution < 1.29 is 13.6 Å². The quantitative estimate of drug-likeness (QED) is 0.514. The predicted molar refractivity (Wildman–Crippen MR) is 103 cm³/mol. The Balaban J connectivity index is 1.47. The van der Waals surface area contributed by atoms with Crippen molar-refractivity contribution in [3.63, 3.8) is 0 Å². The number of fused-ring (bicyclic) bond motifs is 1. The number of hydrogen-bond donors (Lipinski definition) is 1. The number of nitrogens with one attached hydrogen (secondary N) is 1. The van der Waals surface area contributed by atoms with Crippen LogP contribution in [0.4, 0.5) is 14.5 Å². The average Bonchev–Trinajstić information content (AvgIpc) is 3.07. The molecule has 4 aromatic rings. The molecule has 1 heterocycles. The summed E-state index contributed by atoms with van der Waals surface area (Å²) in [5.74, 6) is -2.11. The molecule has 3 aromatic carbocycles. The van der Waals surface area contributed by atoms with Gasteiger partial charge in [0.1, 0.15) is 11.6 Å². The van der Waals surface area contributed by atoms with Gasteiger partial charge in [0.2, 0.25) is 0 Å². The standard InChI is InChI=1S/C21H14F2N2OS/c22-14-7-10-17(23)16(12-14)21(26)24-15-8-5-13(6-9-15)11-20-25-18-3-1-2-4-19(18)27-20/h1-10,12H,11H2,(H,24,26). The molecule has 0 spiro atoms. The zero-order valence-electron chi connectivity index (χ0n) is 14.1. The number of thiazole rings is 1. The van der Waals surface area contributed by atoms with Gasteiger partial charge in [-0.15, -0.1) is 11.3 Å². The fourth-order valence-electron chi connectivity index (χ4n) is 2.75. The number of halogens is 2. The molecule has 0 fully saturated rings. The van der Waals surface area contributed by atoms with Crippen LogP contribution in [-0.4, -0.2) is 10.9 Å². The summed E-state index contributed by atoms with van der Waals surface area (Å²) < 4.78 is 28.1. The Bertz CT molecular complexity index is 1090. The maximum absolute atomic E-state index is 13.7. The molecule has 0 radical (unpaired) electrons. The van der Waals surface area contributed by atoms with Gasteiger partial charge in [0.25, 0.3) is 5.91 Å². The molecule has 4 rings (SSSR count). The summed E-state index contributed by atoms with van der Waals surface area (Å²) in [6.07, 6.45) is 0.687. The largest absolute Gasteiger partial charge is 0.322 e. The van der Waals surface area contributed by atoms with Crippen molar-refractivity contribution in [3.8, 4) is 0 Å². The van der Waals surface area contributed by atoms with E-state index in [0.717, 1.165) is 39.0 Å². The molecule has 0 atom stereocenters. The fraction of sp³-hybridized carbons (Fsp3) is 0.0476. The Labute approximate surface area is 158 Å². The van der Waals surface area contributed by atoms with E-state index in [-0.39, 0.29) is 5.56 Å². The molecule has 0 unspecified atom stereocenters. The smallest absolute Gasteiger partial charge is 0.258 e. The van der Waals surface area contributed by atoms with Crippen LogP contribution in [0.2, 0.25) is 0 Å². The summed E-state index contributed by atoms with van der Waals surface area (Å²) in [6.45, 7) is 0. The number of carbonyl (C=O) groups excluding carboxylic acids is 1. The molecule has 1 aromatic heterocycles. The molecule has 0 saturated heterocycles. The zero-order chi connectivity index (χ0) is 18.8. The second-order valence-electron chi connectivity index (χ2n) is 6.03. The van der Waals surface area contributed by atoms with E-state index in [1.165, 1.54) is 0 Å². The zero-order valence-corrected chi connectivity index (χ0v) is 14.9. The van der Waals surface area contributed by atoms with E-state index >= 15 is 0 Å². The van der Waals surface area contributed by atoms with E-state index in [1.54, 1.807) is 23.5 Å². The highest BCUT2D eigenvalue weighted by Crippen LogP contribution is 2.24. The summed E-state index contributed by atoms with van der Waals surface area (Å²) >= 11 is 1.65. The normalized spacial score (nSPS) is 10.9. The van der Waals surface area contributed by atoms with Gasteiger partial charge in [-0.3, -0.25) is 4.79 Å². The first kappa shape index (κ1) is 17.3. The van der Waals surface area contributed by atoms with Crippen LogP contribution < -0.4 is 5.32 Å². The van der Waals surface area contributed by atoms with Crippen LogP contribution in [0, 0.1) is 11.6 Å². The van der Waals surface area contributed by atoms with Gasteiger partial charge in [-0.25, -0.2) is 13.8 Å². The monoisotopic (exact) mass is 380 g/mol. The molecular weight excluding hydrogens is 366 g/mol. The minimum absolute atomic E-state index is 0.325. The van der Waals surface area contributed by atoms with Gasteiger partial charge in [-0.2, -0.15) is 0 Å². The van der Waals surface area contributed by atoms with Crippen molar-refractivity contribution in [3.05, 3.63) is 94.5 Å². The third-order valence-electron chi connectivity index (χ3n) is 4.08. The van der Waals surface area contributed by atoms with Crippen LogP contribution in [0.25, 0.3) is 10.2 Å². The second-order valence-corrected chi connectivity index (χ2v) is 7.14. The van der Waals surface area contributed by atoms with Crippen molar-refractivity contribution in [2.24, 2.45) is 0 Å². The molecule has 0 aliphatic carbocycles. The van der Waals surface area contributed by atoms with Crippen LogP contribution in [0.5, 0.6) is 0 Å². The van der Waals surface area contributed by atoms with Crippen LogP contribution in [-0.2, 0) is 6.42 Å². The Morgan fingerprint density at radius 1 is 1.00 bits per heavy atom. The van der Waals surface area contributed by atoms with Gasteiger partial charge in [0.05, 0.1) is 20.8 Å². The second kappa shape index (κ2) is 7.25. The number of carbonyl (C=O) groups is 1. The topological polar surface area (TPSA) is 42.0 Å². The van der Waals surface area contributed by atoms with E-state index in [2.05, 4.69) is 10.3 Å². The van der Waals surface area contributed by atoms with Gasteiger partial charge in [-0.05, 0) is 48.0 Å². The van der Waals surface area contributed by atoms with Crippen molar-refractivity contribution in [2.45, 2.75) is 6.42 Å². The highest BCUT2D eigenvalue weighted by Gasteiger charge is 2.13.